The molecule has 2 amide bonds. The van der Waals surface area contributed by atoms with Crippen LogP contribution in [0.2, 0.25) is 5.02 Å². The highest BCUT2D eigenvalue weighted by Crippen LogP contribution is 2.38. The number of hydrogen-bond donors (Lipinski definition) is 1. The Hall–Kier alpha value is -3.84. The fourth-order valence-corrected chi connectivity index (χ4v) is 4.02. The van der Waals surface area contributed by atoms with E-state index in [1.54, 1.807) is 43.3 Å². The standard InChI is InChI=1S/C25H18ClFN2O4/c1-14-18(26)3-2-4-19(14)29-24(30)22(15-5-7-16(27)8-6-15)23(25(29)31)28-17-9-10-20-21(13-17)33-12-11-32-20/h2-10,13,28H,11-12H2,1H3. The number of hydrogen-bond acceptors (Lipinski definition) is 5. The molecular weight excluding hydrogens is 447 g/mol. The molecule has 0 unspecified atom stereocenters. The van der Waals surface area contributed by atoms with Gasteiger partial charge in [0.15, 0.2) is 11.5 Å². The van der Waals surface area contributed by atoms with Gasteiger partial charge < -0.3 is 14.8 Å². The Morgan fingerprint density at radius 1 is 0.939 bits per heavy atom. The second-order valence-electron chi connectivity index (χ2n) is 7.57. The molecule has 2 aliphatic heterocycles. The Morgan fingerprint density at radius 3 is 2.42 bits per heavy atom. The van der Waals surface area contributed by atoms with E-state index in [0.29, 0.717) is 52.2 Å². The summed E-state index contributed by atoms with van der Waals surface area (Å²) in [6.45, 7) is 2.61. The predicted octanol–water partition coefficient (Wildman–Crippen LogP) is 4.96. The maximum Gasteiger partial charge on any atom is 0.282 e. The Balaban J connectivity index is 1.60. The first-order chi connectivity index (χ1) is 15.9. The average molecular weight is 465 g/mol. The van der Waals surface area contributed by atoms with Gasteiger partial charge in [-0.1, -0.05) is 29.8 Å². The molecule has 2 heterocycles. The van der Waals surface area contributed by atoms with Gasteiger partial charge in [0, 0.05) is 16.8 Å². The van der Waals surface area contributed by atoms with Crippen LogP contribution in [0.15, 0.2) is 66.4 Å². The zero-order valence-electron chi connectivity index (χ0n) is 17.5. The van der Waals surface area contributed by atoms with Crippen LogP contribution in [0.3, 0.4) is 0 Å². The van der Waals surface area contributed by atoms with Gasteiger partial charge in [0.2, 0.25) is 0 Å². The topological polar surface area (TPSA) is 67.9 Å². The number of benzene rings is 3. The quantitative estimate of drug-likeness (QED) is 0.553. The number of carbonyl (C=O) groups excluding carboxylic acids is 2. The normalized spacial score (nSPS) is 15.3. The summed E-state index contributed by atoms with van der Waals surface area (Å²) in [6.07, 6.45) is 0. The van der Waals surface area contributed by atoms with E-state index in [1.807, 2.05) is 0 Å². The fourth-order valence-electron chi connectivity index (χ4n) is 3.85. The number of anilines is 2. The van der Waals surface area contributed by atoms with Crippen molar-refractivity contribution in [1.82, 2.24) is 0 Å². The molecule has 0 radical (unpaired) electrons. The third-order valence-corrected chi connectivity index (χ3v) is 5.92. The van der Waals surface area contributed by atoms with E-state index in [2.05, 4.69) is 5.32 Å². The number of imide groups is 1. The lowest BCUT2D eigenvalue weighted by Crippen LogP contribution is -2.33. The second-order valence-corrected chi connectivity index (χ2v) is 7.98. The highest BCUT2D eigenvalue weighted by molar-refractivity contribution is 6.46. The Morgan fingerprint density at radius 2 is 1.67 bits per heavy atom. The minimum Gasteiger partial charge on any atom is -0.486 e. The summed E-state index contributed by atoms with van der Waals surface area (Å²) < 4.78 is 24.7. The molecular formula is C25H18ClFN2O4. The molecule has 2 aliphatic rings. The van der Waals surface area contributed by atoms with E-state index >= 15 is 0 Å². The van der Waals surface area contributed by atoms with Crippen molar-refractivity contribution >= 4 is 40.4 Å². The van der Waals surface area contributed by atoms with Gasteiger partial charge >= 0.3 is 0 Å². The van der Waals surface area contributed by atoms with E-state index in [9.17, 15) is 14.0 Å². The van der Waals surface area contributed by atoms with Crippen molar-refractivity contribution < 1.29 is 23.5 Å². The monoisotopic (exact) mass is 464 g/mol. The highest BCUT2D eigenvalue weighted by Gasteiger charge is 2.41. The number of halogens is 2. The highest BCUT2D eigenvalue weighted by atomic mass is 35.5. The van der Waals surface area contributed by atoms with Crippen LogP contribution >= 0.6 is 11.6 Å². The smallest absolute Gasteiger partial charge is 0.282 e. The number of rotatable bonds is 4. The number of nitrogens with zero attached hydrogens (tertiary/aromatic N) is 1. The summed E-state index contributed by atoms with van der Waals surface area (Å²) in [5.74, 6) is -0.379. The molecule has 166 valence electrons. The maximum absolute atomic E-state index is 13.6. The SMILES string of the molecule is Cc1c(Cl)cccc1N1C(=O)C(Nc2ccc3c(c2)OCCO3)=C(c2ccc(F)cc2)C1=O. The zero-order valence-corrected chi connectivity index (χ0v) is 18.3. The van der Waals surface area contributed by atoms with Crippen molar-refractivity contribution in [3.63, 3.8) is 0 Å². The lowest BCUT2D eigenvalue weighted by molar-refractivity contribution is -0.120. The number of carbonyl (C=O) groups is 2. The van der Waals surface area contributed by atoms with Gasteiger partial charge in [-0.25, -0.2) is 9.29 Å². The first-order valence-corrected chi connectivity index (χ1v) is 10.6. The van der Waals surface area contributed by atoms with Crippen molar-refractivity contribution in [2.45, 2.75) is 6.92 Å². The van der Waals surface area contributed by atoms with Crippen molar-refractivity contribution in [2.75, 3.05) is 23.4 Å². The molecule has 0 saturated carbocycles. The Labute approximate surface area is 194 Å². The molecule has 33 heavy (non-hydrogen) atoms. The van der Waals surface area contributed by atoms with Crippen LogP contribution in [0.1, 0.15) is 11.1 Å². The van der Waals surface area contributed by atoms with Crippen LogP contribution in [0.5, 0.6) is 11.5 Å². The maximum atomic E-state index is 13.6. The van der Waals surface area contributed by atoms with Crippen LogP contribution in [0.25, 0.3) is 5.57 Å². The molecule has 5 rings (SSSR count). The molecule has 0 fully saturated rings. The first-order valence-electron chi connectivity index (χ1n) is 10.2. The van der Waals surface area contributed by atoms with Crippen LogP contribution in [0, 0.1) is 12.7 Å². The molecule has 0 bridgehead atoms. The number of ether oxygens (including phenoxy) is 2. The third-order valence-electron chi connectivity index (χ3n) is 5.51. The summed E-state index contributed by atoms with van der Waals surface area (Å²) in [7, 11) is 0. The number of amides is 2. The molecule has 3 aromatic rings. The van der Waals surface area contributed by atoms with Gasteiger partial charge in [0.25, 0.3) is 11.8 Å². The number of nitrogens with one attached hydrogen (secondary N) is 1. The summed E-state index contributed by atoms with van der Waals surface area (Å²) >= 11 is 6.25. The Bertz CT molecular complexity index is 1320. The summed E-state index contributed by atoms with van der Waals surface area (Å²) in [5, 5.41) is 3.51. The van der Waals surface area contributed by atoms with Gasteiger partial charge in [0.05, 0.1) is 11.3 Å². The van der Waals surface area contributed by atoms with Crippen molar-refractivity contribution in [3.05, 3.63) is 88.3 Å². The zero-order chi connectivity index (χ0) is 23.1. The van der Waals surface area contributed by atoms with E-state index < -0.39 is 17.6 Å². The molecule has 0 aliphatic carbocycles. The van der Waals surface area contributed by atoms with E-state index in [-0.39, 0.29) is 11.3 Å². The van der Waals surface area contributed by atoms with Gasteiger partial charge in [-0.2, -0.15) is 0 Å². The molecule has 3 aromatic carbocycles. The average Bonchev–Trinajstić information content (AvgIpc) is 3.05. The number of fused-ring (bicyclic) bond motifs is 1. The second kappa shape index (κ2) is 8.26. The van der Waals surface area contributed by atoms with Gasteiger partial charge in [0.1, 0.15) is 24.7 Å². The largest absolute Gasteiger partial charge is 0.486 e. The van der Waals surface area contributed by atoms with Gasteiger partial charge in [-0.15, -0.1) is 0 Å². The molecule has 0 aromatic heterocycles. The molecule has 1 N–H and O–H groups in total. The predicted molar refractivity (Wildman–Crippen MR) is 123 cm³/mol. The lowest BCUT2D eigenvalue weighted by Gasteiger charge is -2.20. The summed E-state index contributed by atoms with van der Waals surface area (Å²) in [5.41, 5.74) is 2.14. The van der Waals surface area contributed by atoms with Crippen molar-refractivity contribution in [1.29, 1.82) is 0 Å². The summed E-state index contributed by atoms with van der Waals surface area (Å²) in [4.78, 5) is 28.1. The molecule has 0 atom stereocenters. The lowest BCUT2D eigenvalue weighted by atomic mass is 10.0. The molecule has 0 spiro atoms. The van der Waals surface area contributed by atoms with Gasteiger partial charge in [-0.05, 0) is 54.4 Å². The van der Waals surface area contributed by atoms with Crippen LogP contribution in [0.4, 0.5) is 15.8 Å². The van der Waals surface area contributed by atoms with Crippen LogP contribution in [-0.4, -0.2) is 25.0 Å². The summed E-state index contributed by atoms with van der Waals surface area (Å²) in [6, 6.07) is 15.6. The molecule has 0 saturated heterocycles. The molecule has 8 heteroatoms. The van der Waals surface area contributed by atoms with Crippen LogP contribution in [-0.2, 0) is 9.59 Å². The first kappa shape index (κ1) is 21.0. The third kappa shape index (κ3) is 3.70. The minimum atomic E-state index is -0.542. The molecule has 6 nitrogen and oxygen atoms in total. The van der Waals surface area contributed by atoms with E-state index in [1.165, 1.54) is 24.3 Å². The van der Waals surface area contributed by atoms with Crippen LogP contribution < -0.4 is 19.7 Å². The van der Waals surface area contributed by atoms with E-state index in [0.717, 1.165) is 4.90 Å². The van der Waals surface area contributed by atoms with Crippen molar-refractivity contribution in [3.8, 4) is 11.5 Å². The van der Waals surface area contributed by atoms with Gasteiger partial charge in [-0.3, -0.25) is 9.59 Å². The fraction of sp³-hybridized carbons (Fsp3) is 0.120. The minimum absolute atomic E-state index is 0.0719. The van der Waals surface area contributed by atoms with E-state index in [4.69, 9.17) is 21.1 Å². The van der Waals surface area contributed by atoms with Crippen molar-refractivity contribution in [2.24, 2.45) is 0 Å². The Kier molecular flexibility index (Phi) is 5.26.